The molecule has 0 spiro atoms. The van der Waals surface area contributed by atoms with Gasteiger partial charge >= 0.3 is 0 Å². The van der Waals surface area contributed by atoms with Gasteiger partial charge < -0.3 is 10.1 Å². The molecule has 1 saturated carbocycles. The Morgan fingerprint density at radius 2 is 1.95 bits per heavy atom. The number of para-hydroxylation sites is 1. The highest BCUT2D eigenvalue weighted by atomic mass is 16.5. The van der Waals surface area contributed by atoms with Gasteiger partial charge in [-0.05, 0) is 42.7 Å². The maximum atomic E-state index is 5.46. The van der Waals surface area contributed by atoms with E-state index < -0.39 is 0 Å². The van der Waals surface area contributed by atoms with Crippen molar-refractivity contribution in [1.29, 1.82) is 0 Å². The first-order valence-electron chi connectivity index (χ1n) is 7.54. The van der Waals surface area contributed by atoms with Gasteiger partial charge in [0.1, 0.15) is 5.75 Å². The van der Waals surface area contributed by atoms with Gasteiger partial charge in [0, 0.05) is 12.1 Å². The molecule has 0 saturated heterocycles. The summed E-state index contributed by atoms with van der Waals surface area (Å²) in [6.45, 7) is 6.88. The maximum Gasteiger partial charge on any atom is 0.122 e. The summed E-state index contributed by atoms with van der Waals surface area (Å²) in [6, 6.07) is 9.77. The molecule has 0 amide bonds. The fourth-order valence-corrected chi connectivity index (χ4v) is 3.10. The standard InChI is InChI=1S/C17H27NO/c1-5-16(12(2)3)18-14-10-13(11-14)15-8-6-7-9-17(15)19-4/h6-9,12-14,16,18H,5,10-11H2,1-4H3. The van der Waals surface area contributed by atoms with E-state index in [-0.39, 0.29) is 0 Å². The van der Waals surface area contributed by atoms with Gasteiger partial charge in [-0.25, -0.2) is 0 Å². The molecule has 1 unspecified atom stereocenters. The molecule has 1 N–H and O–H groups in total. The van der Waals surface area contributed by atoms with Crippen LogP contribution in [0.25, 0.3) is 0 Å². The Balaban J connectivity index is 1.89. The lowest BCUT2D eigenvalue weighted by Gasteiger charge is -2.40. The van der Waals surface area contributed by atoms with E-state index in [1.807, 2.05) is 6.07 Å². The number of benzene rings is 1. The van der Waals surface area contributed by atoms with E-state index in [9.17, 15) is 0 Å². The molecule has 0 heterocycles. The van der Waals surface area contributed by atoms with Crippen LogP contribution >= 0.6 is 0 Å². The normalized spacial score (nSPS) is 24.1. The predicted octanol–water partition coefficient (Wildman–Crippen LogP) is 3.97. The highest BCUT2D eigenvalue weighted by Crippen LogP contribution is 2.41. The molecule has 2 heteroatoms. The van der Waals surface area contributed by atoms with Crippen LogP contribution in [-0.4, -0.2) is 19.2 Å². The molecule has 1 atom stereocenters. The van der Waals surface area contributed by atoms with E-state index in [4.69, 9.17) is 4.74 Å². The van der Waals surface area contributed by atoms with Gasteiger partial charge in [0.25, 0.3) is 0 Å². The zero-order valence-corrected chi connectivity index (χ0v) is 12.6. The number of rotatable bonds is 6. The van der Waals surface area contributed by atoms with Crippen molar-refractivity contribution >= 4 is 0 Å². The van der Waals surface area contributed by atoms with Crippen LogP contribution in [0.4, 0.5) is 0 Å². The third-order valence-electron chi connectivity index (χ3n) is 4.41. The fourth-order valence-electron chi connectivity index (χ4n) is 3.10. The second kappa shape index (κ2) is 6.42. The van der Waals surface area contributed by atoms with Crippen LogP contribution in [0.2, 0.25) is 0 Å². The lowest BCUT2D eigenvalue weighted by atomic mass is 9.75. The molecule has 0 aromatic heterocycles. The van der Waals surface area contributed by atoms with Crippen LogP contribution in [0, 0.1) is 5.92 Å². The number of hydrogen-bond donors (Lipinski definition) is 1. The zero-order valence-electron chi connectivity index (χ0n) is 12.6. The summed E-state index contributed by atoms with van der Waals surface area (Å²) in [5.74, 6) is 2.43. The molecule has 19 heavy (non-hydrogen) atoms. The predicted molar refractivity (Wildman–Crippen MR) is 80.8 cm³/mol. The first-order chi connectivity index (χ1) is 9.15. The van der Waals surface area contributed by atoms with Crippen LogP contribution in [0.3, 0.4) is 0 Å². The monoisotopic (exact) mass is 261 g/mol. The highest BCUT2D eigenvalue weighted by Gasteiger charge is 2.33. The van der Waals surface area contributed by atoms with E-state index in [1.165, 1.54) is 24.8 Å². The summed E-state index contributed by atoms with van der Waals surface area (Å²) in [6.07, 6.45) is 3.70. The number of methoxy groups -OCH3 is 1. The fraction of sp³-hybridized carbons (Fsp3) is 0.647. The average molecular weight is 261 g/mol. The number of nitrogens with one attached hydrogen (secondary N) is 1. The highest BCUT2D eigenvalue weighted by molar-refractivity contribution is 5.37. The van der Waals surface area contributed by atoms with Gasteiger partial charge in [-0.15, -0.1) is 0 Å². The molecule has 2 nitrogen and oxygen atoms in total. The van der Waals surface area contributed by atoms with Gasteiger partial charge in [0.2, 0.25) is 0 Å². The second-order valence-corrected chi connectivity index (χ2v) is 6.03. The first-order valence-corrected chi connectivity index (χ1v) is 7.54. The van der Waals surface area contributed by atoms with E-state index in [1.54, 1.807) is 7.11 Å². The number of ether oxygens (including phenoxy) is 1. The lowest BCUT2D eigenvalue weighted by Crippen LogP contribution is -2.47. The molecule has 1 aromatic carbocycles. The average Bonchev–Trinajstić information content (AvgIpc) is 2.37. The van der Waals surface area contributed by atoms with Crippen LogP contribution < -0.4 is 10.1 Å². The maximum absolute atomic E-state index is 5.46. The summed E-state index contributed by atoms with van der Waals surface area (Å²) in [4.78, 5) is 0. The molecule has 1 aliphatic carbocycles. The van der Waals surface area contributed by atoms with E-state index in [0.29, 0.717) is 18.0 Å². The Bertz CT molecular complexity index is 396. The van der Waals surface area contributed by atoms with Gasteiger partial charge in [-0.1, -0.05) is 39.0 Å². The minimum atomic E-state index is 0.656. The van der Waals surface area contributed by atoms with Crippen LogP contribution in [-0.2, 0) is 0 Å². The van der Waals surface area contributed by atoms with Crippen LogP contribution in [0.1, 0.15) is 51.5 Å². The Kier molecular flexibility index (Phi) is 4.87. The zero-order chi connectivity index (χ0) is 13.8. The summed E-state index contributed by atoms with van der Waals surface area (Å²) >= 11 is 0. The molecule has 0 bridgehead atoms. The van der Waals surface area contributed by atoms with Crippen molar-refractivity contribution in [3.8, 4) is 5.75 Å². The molecule has 0 radical (unpaired) electrons. The minimum Gasteiger partial charge on any atom is -0.496 e. The van der Waals surface area contributed by atoms with Crippen molar-refractivity contribution in [2.75, 3.05) is 7.11 Å². The van der Waals surface area contributed by atoms with Crippen molar-refractivity contribution in [2.45, 2.75) is 58.0 Å². The summed E-state index contributed by atoms with van der Waals surface area (Å²) in [5.41, 5.74) is 1.38. The SMILES string of the molecule is CCC(NC1CC(c2ccccc2OC)C1)C(C)C. The molecular weight excluding hydrogens is 234 g/mol. The summed E-state index contributed by atoms with van der Waals surface area (Å²) < 4.78 is 5.46. The van der Waals surface area contributed by atoms with E-state index in [2.05, 4.69) is 44.3 Å². The molecule has 2 rings (SSSR count). The number of hydrogen-bond acceptors (Lipinski definition) is 2. The topological polar surface area (TPSA) is 21.3 Å². The van der Waals surface area contributed by atoms with Crippen molar-refractivity contribution < 1.29 is 4.74 Å². The van der Waals surface area contributed by atoms with Gasteiger partial charge in [-0.2, -0.15) is 0 Å². The van der Waals surface area contributed by atoms with Gasteiger partial charge in [0.15, 0.2) is 0 Å². The Hall–Kier alpha value is -1.02. The Morgan fingerprint density at radius 1 is 1.26 bits per heavy atom. The molecule has 1 aromatic rings. The molecule has 1 fully saturated rings. The Morgan fingerprint density at radius 3 is 2.53 bits per heavy atom. The summed E-state index contributed by atoms with van der Waals surface area (Å²) in [7, 11) is 1.76. The quantitative estimate of drug-likeness (QED) is 0.836. The van der Waals surface area contributed by atoms with E-state index in [0.717, 1.165) is 11.7 Å². The molecule has 0 aliphatic heterocycles. The largest absolute Gasteiger partial charge is 0.496 e. The molecule has 1 aliphatic rings. The van der Waals surface area contributed by atoms with Crippen molar-refractivity contribution in [3.05, 3.63) is 29.8 Å². The van der Waals surface area contributed by atoms with Crippen LogP contribution in [0.5, 0.6) is 5.75 Å². The van der Waals surface area contributed by atoms with Gasteiger partial charge in [0.05, 0.1) is 7.11 Å². The van der Waals surface area contributed by atoms with Crippen LogP contribution in [0.15, 0.2) is 24.3 Å². The third-order valence-corrected chi connectivity index (χ3v) is 4.41. The third kappa shape index (κ3) is 3.30. The summed E-state index contributed by atoms with van der Waals surface area (Å²) in [5, 5.41) is 3.80. The van der Waals surface area contributed by atoms with Crippen molar-refractivity contribution in [2.24, 2.45) is 5.92 Å². The smallest absolute Gasteiger partial charge is 0.122 e. The van der Waals surface area contributed by atoms with Crippen molar-refractivity contribution in [3.63, 3.8) is 0 Å². The van der Waals surface area contributed by atoms with E-state index >= 15 is 0 Å². The van der Waals surface area contributed by atoms with Crippen molar-refractivity contribution in [1.82, 2.24) is 5.32 Å². The molecule has 106 valence electrons. The molecular formula is C17H27NO. The minimum absolute atomic E-state index is 0.656. The first kappa shape index (κ1) is 14.4. The second-order valence-electron chi connectivity index (χ2n) is 6.03. The lowest BCUT2D eigenvalue weighted by molar-refractivity contribution is 0.233. The Labute approximate surface area is 117 Å². The van der Waals surface area contributed by atoms with Gasteiger partial charge in [-0.3, -0.25) is 0 Å².